The van der Waals surface area contributed by atoms with Crippen LogP contribution < -0.4 is 0 Å². The third-order valence-corrected chi connectivity index (χ3v) is 5.78. The molecule has 0 aliphatic carbocycles. The van der Waals surface area contributed by atoms with Crippen molar-refractivity contribution in [3.8, 4) is 0 Å². The monoisotopic (exact) mass is 448 g/mol. The minimum absolute atomic E-state index is 0.0793. The van der Waals surface area contributed by atoms with Gasteiger partial charge in [-0.05, 0) is 37.7 Å². The Balaban J connectivity index is 2.38. The average molecular weight is 449 g/mol. The highest BCUT2D eigenvalue weighted by atomic mass is 16.5. The van der Waals surface area contributed by atoms with Crippen molar-refractivity contribution in [2.45, 2.75) is 123 Å². The van der Waals surface area contributed by atoms with Crippen LogP contribution in [-0.4, -0.2) is 29.3 Å². The SMILES string of the molecule is CCCCCCCCCCCC(CCC(CCC(=O)O)OCc1ccccc1)OC(C)=O. The number of benzene rings is 1. The predicted octanol–water partition coefficient (Wildman–Crippen LogP) is 7.07. The number of rotatable bonds is 20. The average Bonchev–Trinajstić information content (AvgIpc) is 2.77. The summed E-state index contributed by atoms with van der Waals surface area (Å²) in [4.78, 5) is 22.6. The van der Waals surface area contributed by atoms with E-state index in [9.17, 15) is 9.59 Å². The first-order valence-corrected chi connectivity index (χ1v) is 12.6. The van der Waals surface area contributed by atoms with Gasteiger partial charge in [0.25, 0.3) is 0 Å². The van der Waals surface area contributed by atoms with Gasteiger partial charge in [-0.3, -0.25) is 9.59 Å². The number of carboxylic acid groups (broad SMARTS) is 1. The second-order valence-corrected chi connectivity index (χ2v) is 8.78. The van der Waals surface area contributed by atoms with Gasteiger partial charge in [0.2, 0.25) is 0 Å². The summed E-state index contributed by atoms with van der Waals surface area (Å²) >= 11 is 0. The number of carbonyl (C=O) groups excluding carboxylic acids is 1. The lowest BCUT2D eigenvalue weighted by atomic mass is 10.0. The topological polar surface area (TPSA) is 72.8 Å². The molecular weight excluding hydrogens is 404 g/mol. The Hall–Kier alpha value is -1.88. The van der Waals surface area contributed by atoms with Gasteiger partial charge in [0.05, 0.1) is 12.7 Å². The Bertz CT molecular complexity index is 601. The van der Waals surface area contributed by atoms with E-state index in [0.717, 1.165) is 18.4 Å². The van der Waals surface area contributed by atoms with Crippen LogP contribution in [0.4, 0.5) is 0 Å². The Morgan fingerprint density at radius 3 is 2.00 bits per heavy atom. The van der Waals surface area contributed by atoms with Gasteiger partial charge in [0, 0.05) is 13.3 Å². The molecule has 5 heteroatoms. The van der Waals surface area contributed by atoms with Gasteiger partial charge in [-0.15, -0.1) is 0 Å². The fourth-order valence-corrected chi connectivity index (χ4v) is 3.94. The van der Waals surface area contributed by atoms with E-state index in [0.29, 0.717) is 25.9 Å². The van der Waals surface area contributed by atoms with Crippen LogP contribution in [-0.2, 0) is 25.7 Å². The Kier molecular flexibility index (Phi) is 16.4. The number of unbranched alkanes of at least 4 members (excludes halogenated alkanes) is 8. The van der Waals surface area contributed by atoms with Gasteiger partial charge >= 0.3 is 11.9 Å². The number of carbonyl (C=O) groups is 2. The molecular formula is C27H44O5. The molecule has 0 aromatic heterocycles. The minimum atomic E-state index is -0.815. The van der Waals surface area contributed by atoms with Gasteiger partial charge in [-0.2, -0.15) is 0 Å². The zero-order chi connectivity index (χ0) is 23.4. The van der Waals surface area contributed by atoms with E-state index in [-0.39, 0.29) is 24.6 Å². The van der Waals surface area contributed by atoms with E-state index >= 15 is 0 Å². The van der Waals surface area contributed by atoms with E-state index in [4.69, 9.17) is 14.6 Å². The molecule has 0 aliphatic rings. The molecule has 0 aliphatic heterocycles. The van der Waals surface area contributed by atoms with Gasteiger partial charge in [-0.1, -0.05) is 88.6 Å². The van der Waals surface area contributed by atoms with Crippen molar-refractivity contribution < 1.29 is 24.2 Å². The first-order valence-electron chi connectivity index (χ1n) is 12.6. The summed E-state index contributed by atoms with van der Waals surface area (Å²) in [6, 6.07) is 9.89. The first-order chi connectivity index (χ1) is 15.5. The summed E-state index contributed by atoms with van der Waals surface area (Å²) in [5.41, 5.74) is 1.07. The van der Waals surface area contributed by atoms with Crippen LogP contribution in [0.5, 0.6) is 0 Å². The van der Waals surface area contributed by atoms with Gasteiger partial charge in [-0.25, -0.2) is 0 Å². The van der Waals surface area contributed by atoms with E-state index in [1.165, 1.54) is 58.3 Å². The second kappa shape index (κ2) is 18.7. The molecule has 0 saturated heterocycles. The zero-order valence-electron chi connectivity index (χ0n) is 20.2. The van der Waals surface area contributed by atoms with Crippen LogP contribution in [0.25, 0.3) is 0 Å². The third-order valence-electron chi connectivity index (χ3n) is 5.78. The summed E-state index contributed by atoms with van der Waals surface area (Å²) in [5.74, 6) is -1.07. The summed E-state index contributed by atoms with van der Waals surface area (Å²) in [7, 11) is 0. The molecule has 1 aromatic rings. The van der Waals surface area contributed by atoms with Crippen LogP contribution in [0.3, 0.4) is 0 Å². The Morgan fingerprint density at radius 1 is 0.812 bits per heavy atom. The maximum absolute atomic E-state index is 11.6. The lowest BCUT2D eigenvalue weighted by molar-refractivity contribution is -0.147. The minimum Gasteiger partial charge on any atom is -0.481 e. The van der Waals surface area contributed by atoms with E-state index < -0.39 is 5.97 Å². The molecule has 0 fully saturated rings. The summed E-state index contributed by atoms with van der Waals surface area (Å²) in [5, 5.41) is 9.07. The van der Waals surface area contributed by atoms with Crippen LogP contribution in [0.15, 0.2) is 30.3 Å². The zero-order valence-corrected chi connectivity index (χ0v) is 20.2. The second-order valence-electron chi connectivity index (χ2n) is 8.78. The van der Waals surface area contributed by atoms with E-state index in [2.05, 4.69) is 6.92 Å². The highest BCUT2D eigenvalue weighted by Gasteiger charge is 2.18. The Labute approximate surface area is 194 Å². The molecule has 182 valence electrons. The van der Waals surface area contributed by atoms with Crippen LogP contribution >= 0.6 is 0 Å². The molecule has 0 bridgehead atoms. The quantitative estimate of drug-likeness (QED) is 0.171. The maximum Gasteiger partial charge on any atom is 0.303 e. The molecule has 2 atom stereocenters. The molecule has 0 amide bonds. The van der Waals surface area contributed by atoms with Gasteiger partial charge < -0.3 is 14.6 Å². The molecule has 0 saturated carbocycles. The molecule has 0 radical (unpaired) electrons. The summed E-state index contributed by atoms with van der Waals surface area (Å²) < 4.78 is 11.6. The third kappa shape index (κ3) is 15.9. The number of esters is 1. The molecule has 1 aromatic carbocycles. The van der Waals surface area contributed by atoms with Crippen molar-refractivity contribution in [3.63, 3.8) is 0 Å². The van der Waals surface area contributed by atoms with Gasteiger partial charge in [0.1, 0.15) is 6.10 Å². The smallest absolute Gasteiger partial charge is 0.303 e. The Morgan fingerprint density at radius 2 is 1.41 bits per heavy atom. The molecule has 1 N–H and O–H groups in total. The number of aliphatic carboxylic acids is 1. The molecule has 2 unspecified atom stereocenters. The van der Waals surface area contributed by atoms with E-state index in [1.54, 1.807) is 0 Å². The number of hydrogen-bond acceptors (Lipinski definition) is 4. The molecule has 1 rings (SSSR count). The summed E-state index contributed by atoms with van der Waals surface area (Å²) in [6.07, 6.45) is 13.9. The lowest BCUT2D eigenvalue weighted by Gasteiger charge is -2.22. The maximum atomic E-state index is 11.6. The first kappa shape index (κ1) is 28.2. The standard InChI is InChI=1S/C27H44O5/c1-3-4-5-6-7-8-9-10-14-17-26(32-23(2)28)19-18-25(20-21-27(29)30)31-22-24-15-12-11-13-16-24/h11-13,15-16,25-26H,3-10,14,17-22H2,1-2H3,(H,29,30). The summed E-state index contributed by atoms with van der Waals surface area (Å²) in [6.45, 7) is 4.15. The number of ether oxygens (including phenoxy) is 2. The van der Waals surface area contributed by atoms with Crippen molar-refractivity contribution in [3.05, 3.63) is 35.9 Å². The van der Waals surface area contributed by atoms with Crippen molar-refractivity contribution in [1.82, 2.24) is 0 Å². The van der Waals surface area contributed by atoms with Crippen LogP contribution in [0, 0.1) is 0 Å². The fraction of sp³-hybridized carbons (Fsp3) is 0.704. The van der Waals surface area contributed by atoms with Crippen molar-refractivity contribution in [1.29, 1.82) is 0 Å². The predicted molar refractivity (Wildman–Crippen MR) is 129 cm³/mol. The normalized spacial score (nSPS) is 12.9. The lowest BCUT2D eigenvalue weighted by Crippen LogP contribution is -2.21. The van der Waals surface area contributed by atoms with Crippen LogP contribution in [0.1, 0.15) is 109 Å². The number of hydrogen-bond donors (Lipinski definition) is 1. The van der Waals surface area contributed by atoms with Crippen molar-refractivity contribution in [2.24, 2.45) is 0 Å². The van der Waals surface area contributed by atoms with Crippen molar-refractivity contribution >= 4 is 11.9 Å². The molecule has 0 spiro atoms. The number of carboxylic acids is 1. The fourth-order valence-electron chi connectivity index (χ4n) is 3.94. The van der Waals surface area contributed by atoms with Gasteiger partial charge in [0.15, 0.2) is 0 Å². The molecule has 5 nitrogen and oxygen atoms in total. The highest BCUT2D eigenvalue weighted by molar-refractivity contribution is 5.66. The van der Waals surface area contributed by atoms with Crippen molar-refractivity contribution in [2.75, 3.05) is 0 Å². The highest BCUT2D eigenvalue weighted by Crippen LogP contribution is 2.19. The molecule has 32 heavy (non-hydrogen) atoms. The molecule has 0 heterocycles. The largest absolute Gasteiger partial charge is 0.481 e. The van der Waals surface area contributed by atoms with Crippen LogP contribution in [0.2, 0.25) is 0 Å². The van der Waals surface area contributed by atoms with E-state index in [1.807, 2.05) is 30.3 Å².